The minimum absolute atomic E-state index is 0.00209. The molecule has 0 aliphatic carbocycles. The van der Waals surface area contributed by atoms with Gasteiger partial charge in [-0.15, -0.1) is 0 Å². The van der Waals surface area contributed by atoms with E-state index in [1.807, 2.05) is 0 Å². The summed E-state index contributed by atoms with van der Waals surface area (Å²) in [6.07, 6.45) is -9.30. The maximum Gasteiger partial charge on any atom is 0.416 e. The molecule has 1 nitrogen and oxygen atoms in total. The molecular weight excluding hydrogens is 294 g/mol. The summed E-state index contributed by atoms with van der Waals surface area (Å²) in [5, 5.41) is 0. The molecule has 0 aliphatic heterocycles. The summed E-state index contributed by atoms with van der Waals surface area (Å²) in [5.74, 6) is -0.0330. The van der Waals surface area contributed by atoms with Crippen LogP contribution < -0.4 is 4.74 Å². The molecule has 8 heteroatoms. The molecule has 0 radical (unpaired) electrons. The highest BCUT2D eigenvalue weighted by atomic mass is 32.1. The van der Waals surface area contributed by atoms with Crippen molar-refractivity contribution in [2.75, 3.05) is 12.4 Å². The molecule has 0 heterocycles. The molecule has 1 aromatic carbocycles. The van der Waals surface area contributed by atoms with Gasteiger partial charge in [-0.1, -0.05) is 0 Å². The molecule has 0 N–H and O–H groups in total. The summed E-state index contributed by atoms with van der Waals surface area (Å²) < 4.78 is 79.8. The van der Waals surface area contributed by atoms with Gasteiger partial charge < -0.3 is 4.74 Å². The fourth-order valence-corrected chi connectivity index (χ4v) is 1.39. The Labute approximate surface area is 111 Å². The van der Waals surface area contributed by atoms with E-state index in [2.05, 4.69) is 12.6 Å². The van der Waals surface area contributed by atoms with Gasteiger partial charge in [-0.2, -0.15) is 39.0 Å². The second kappa shape index (κ2) is 5.94. The van der Waals surface area contributed by atoms with Gasteiger partial charge in [-0.25, -0.2) is 0 Å². The summed E-state index contributed by atoms with van der Waals surface area (Å²) in [5.41, 5.74) is -2.77. The molecule has 0 unspecified atom stereocenters. The number of hydrogen-bond donors (Lipinski definition) is 1. The minimum Gasteiger partial charge on any atom is -0.494 e. The Morgan fingerprint density at radius 2 is 1.37 bits per heavy atom. The van der Waals surface area contributed by atoms with Crippen LogP contribution in [0.3, 0.4) is 0 Å². The normalized spacial score (nSPS) is 12.6. The molecule has 0 saturated carbocycles. The topological polar surface area (TPSA) is 9.23 Å². The van der Waals surface area contributed by atoms with Crippen LogP contribution in [0.4, 0.5) is 26.3 Å². The van der Waals surface area contributed by atoms with Crippen LogP contribution in [0.5, 0.6) is 5.75 Å². The summed E-state index contributed by atoms with van der Waals surface area (Å²) in [6, 6.07) is 1.16. The SMILES string of the molecule is FC(F)(F)c1cc(OCCCS)cc(C(F)(F)F)c1. The summed E-state index contributed by atoms with van der Waals surface area (Å²) in [7, 11) is 0. The lowest BCUT2D eigenvalue weighted by atomic mass is 10.1. The van der Waals surface area contributed by atoms with Crippen LogP contribution in [-0.2, 0) is 12.4 Å². The van der Waals surface area contributed by atoms with Gasteiger partial charge in [0.2, 0.25) is 0 Å². The zero-order chi connectivity index (χ0) is 14.7. The van der Waals surface area contributed by atoms with Crippen LogP contribution in [-0.4, -0.2) is 12.4 Å². The van der Waals surface area contributed by atoms with Crippen molar-refractivity contribution in [1.29, 1.82) is 0 Å². The quantitative estimate of drug-likeness (QED) is 0.492. The third-order valence-electron chi connectivity index (χ3n) is 2.13. The molecule has 0 aromatic heterocycles. The molecule has 1 aromatic rings. The minimum atomic E-state index is -4.86. The predicted molar refractivity (Wildman–Crippen MR) is 60.4 cm³/mol. The van der Waals surface area contributed by atoms with Crippen molar-refractivity contribution in [2.24, 2.45) is 0 Å². The lowest BCUT2D eigenvalue weighted by Crippen LogP contribution is -2.11. The van der Waals surface area contributed by atoms with Crippen molar-refractivity contribution in [2.45, 2.75) is 18.8 Å². The van der Waals surface area contributed by atoms with Crippen molar-refractivity contribution in [3.05, 3.63) is 29.3 Å². The third-order valence-corrected chi connectivity index (χ3v) is 2.45. The third kappa shape index (κ3) is 4.85. The number of ether oxygens (including phenoxy) is 1. The van der Waals surface area contributed by atoms with E-state index in [1.54, 1.807) is 0 Å². The Morgan fingerprint density at radius 1 is 0.895 bits per heavy atom. The van der Waals surface area contributed by atoms with Gasteiger partial charge in [-0.05, 0) is 30.4 Å². The molecule has 0 aliphatic rings. The molecule has 108 valence electrons. The number of rotatable bonds is 4. The Kier molecular flexibility index (Phi) is 5.00. The van der Waals surface area contributed by atoms with Crippen molar-refractivity contribution < 1.29 is 31.1 Å². The maximum absolute atomic E-state index is 12.5. The number of alkyl halides is 6. The molecule has 0 fully saturated rings. The van der Waals surface area contributed by atoms with Crippen molar-refractivity contribution in [1.82, 2.24) is 0 Å². The first-order valence-corrected chi connectivity index (χ1v) is 5.81. The number of hydrogen-bond acceptors (Lipinski definition) is 2. The Morgan fingerprint density at radius 3 is 1.74 bits per heavy atom. The Balaban J connectivity index is 3.10. The van der Waals surface area contributed by atoms with Gasteiger partial charge in [0.15, 0.2) is 0 Å². The molecule has 0 amide bonds. The first-order chi connectivity index (χ1) is 8.64. The van der Waals surface area contributed by atoms with E-state index >= 15 is 0 Å². The zero-order valence-electron chi connectivity index (χ0n) is 9.48. The van der Waals surface area contributed by atoms with Crippen molar-refractivity contribution in [3.63, 3.8) is 0 Å². The molecule has 0 saturated heterocycles. The first-order valence-electron chi connectivity index (χ1n) is 5.17. The van der Waals surface area contributed by atoms with Crippen molar-refractivity contribution >= 4 is 12.6 Å². The molecule has 0 atom stereocenters. The van der Waals surface area contributed by atoms with Crippen LogP contribution in [0.2, 0.25) is 0 Å². The molecule has 1 rings (SSSR count). The van der Waals surface area contributed by atoms with Crippen LogP contribution >= 0.6 is 12.6 Å². The van der Waals surface area contributed by atoms with E-state index in [0.29, 0.717) is 24.3 Å². The van der Waals surface area contributed by atoms with E-state index in [9.17, 15) is 26.3 Å². The lowest BCUT2D eigenvalue weighted by Gasteiger charge is -2.14. The van der Waals surface area contributed by atoms with E-state index in [-0.39, 0.29) is 12.7 Å². The van der Waals surface area contributed by atoms with E-state index in [0.717, 1.165) is 0 Å². The number of benzene rings is 1. The maximum atomic E-state index is 12.5. The highest BCUT2D eigenvalue weighted by molar-refractivity contribution is 7.80. The average molecular weight is 304 g/mol. The van der Waals surface area contributed by atoms with Gasteiger partial charge in [0.25, 0.3) is 0 Å². The summed E-state index contributed by atoms with van der Waals surface area (Å²) >= 11 is 3.86. The number of thiol groups is 1. The molecule has 0 bridgehead atoms. The zero-order valence-corrected chi connectivity index (χ0v) is 10.4. The average Bonchev–Trinajstić information content (AvgIpc) is 2.27. The van der Waals surface area contributed by atoms with Crippen LogP contribution in [0.25, 0.3) is 0 Å². The molecule has 0 spiro atoms. The number of halogens is 6. The smallest absolute Gasteiger partial charge is 0.416 e. The van der Waals surface area contributed by atoms with Crippen LogP contribution in [0.15, 0.2) is 18.2 Å². The Bertz CT molecular complexity index is 394. The second-order valence-corrected chi connectivity index (χ2v) is 4.11. The summed E-state index contributed by atoms with van der Waals surface area (Å²) in [4.78, 5) is 0. The van der Waals surface area contributed by atoms with Crippen LogP contribution in [0, 0.1) is 0 Å². The first kappa shape index (κ1) is 16.0. The highest BCUT2D eigenvalue weighted by Crippen LogP contribution is 2.38. The lowest BCUT2D eigenvalue weighted by molar-refractivity contribution is -0.143. The van der Waals surface area contributed by atoms with E-state index < -0.39 is 29.2 Å². The van der Waals surface area contributed by atoms with Gasteiger partial charge in [0.05, 0.1) is 17.7 Å². The fourth-order valence-electron chi connectivity index (χ4n) is 1.26. The van der Waals surface area contributed by atoms with E-state index in [4.69, 9.17) is 4.74 Å². The van der Waals surface area contributed by atoms with Crippen molar-refractivity contribution in [3.8, 4) is 5.75 Å². The second-order valence-electron chi connectivity index (χ2n) is 3.67. The van der Waals surface area contributed by atoms with Crippen LogP contribution in [0.1, 0.15) is 17.5 Å². The highest BCUT2D eigenvalue weighted by Gasteiger charge is 2.37. The standard InChI is InChI=1S/C11H10F6OS/c12-10(13,14)7-4-8(11(15,16)17)6-9(5-7)18-2-1-3-19/h4-6,19H,1-3H2. The molecule has 19 heavy (non-hydrogen) atoms. The Hall–Kier alpha value is -1.05. The van der Waals surface area contributed by atoms with Gasteiger partial charge in [-0.3, -0.25) is 0 Å². The largest absolute Gasteiger partial charge is 0.494 e. The van der Waals surface area contributed by atoms with Gasteiger partial charge in [0, 0.05) is 0 Å². The molecular formula is C11H10F6OS. The van der Waals surface area contributed by atoms with Gasteiger partial charge >= 0.3 is 12.4 Å². The fraction of sp³-hybridized carbons (Fsp3) is 0.455. The summed E-state index contributed by atoms with van der Waals surface area (Å²) in [6.45, 7) is 0.00209. The monoisotopic (exact) mass is 304 g/mol. The van der Waals surface area contributed by atoms with Gasteiger partial charge in [0.1, 0.15) is 5.75 Å². The van der Waals surface area contributed by atoms with E-state index in [1.165, 1.54) is 0 Å². The predicted octanol–water partition coefficient (Wildman–Crippen LogP) is 4.42.